The number of likely N-dealkylation sites (tertiary alicyclic amines) is 1. The molecule has 0 aliphatic carbocycles. The number of rotatable bonds is 8. The van der Waals surface area contributed by atoms with Crippen LogP contribution in [0.15, 0.2) is 73.0 Å². The maximum atomic E-state index is 9.94. The van der Waals surface area contributed by atoms with Crippen LogP contribution in [0.1, 0.15) is 36.1 Å². The van der Waals surface area contributed by atoms with Crippen molar-refractivity contribution in [2.24, 2.45) is 0 Å². The van der Waals surface area contributed by atoms with Gasteiger partial charge in [-0.2, -0.15) is 5.26 Å². The first-order chi connectivity index (χ1) is 20.4. The fourth-order valence-electron chi connectivity index (χ4n) is 5.44. The summed E-state index contributed by atoms with van der Waals surface area (Å²) in [6, 6.07) is 15.9. The lowest BCUT2D eigenvalue weighted by atomic mass is 10.0. The number of likely N-dealkylation sites (N-methyl/N-ethyl adjacent to an activating group) is 1. The highest BCUT2D eigenvalue weighted by Gasteiger charge is 2.30. The van der Waals surface area contributed by atoms with Crippen LogP contribution in [0.4, 0.5) is 17.1 Å². The number of hydrogen-bond acceptors (Lipinski definition) is 9. The van der Waals surface area contributed by atoms with Gasteiger partial charge in [-0.1, -0.05) is 42.3 Å². The van der Waals surface area contributed by atoms with Crippen molar-refractivity contribution in [2.45, 2.75) is 32.4 Å². The van der Waals surface area contributed by atoms with Crippen LogP contribution in [0.25, 0.3) is 10.9 Å². The predicted molar refractivity (Wildman–Crippen MR) is 168 cm³/mol. The van der Waals surface area contributed by atoms with E-state index >= 15 is 0 Å². The van der Waals surface area contributed by atoms with E-state index in [2.05, 4.69) is 60.7 Å². The minimum Gasteiger partial charge on any atom is -0.373 e. The van der Waals surface area contributed by atoms with Gasteiger partial charge in [-0.3, -0.25) is 15.0 Å². The second kappa shape index (κ2) is 12.0. The third-order valence-corrected chi connectivity index (χ3v) is 8.52. The molecule has 42 heavy (non-hydrogen) atoms. The Morgan fingerprint density at radius 1 is 1.14 bits per heavy atom. The van der Waals surface area contributed by atoms with E-state index in [4.69, 9.17) is 23.2 Å². The van der Waals surface area contributed by atoms with E-state index < -0.39 is 0 Å². The van der Waals surface area contributed by atoms with Gasteiger partial charge in [0, 0.05) is 59.7 Å². The molecule has 0 saturated carbocycles. The van der Waals surface area contributed by atoms with Gasteiger partial charge < -0.3 is 21.0 Å². The van der Waals surface area contributed by atoms with E-state index in [0.717, 1.165) is 54.3 Å². The van der Waals surface area contributed by atoms with E-state index in [1.807, 2.05) is 55.6 Å². The summed E-state index contributed by atoms with van der Waals surface area (Å²) in [5.74, 6) is 0. The van der Waals surface area contributed by atoms with E-state index in [1.165, 1.54) is 6.20 Å². The standard InChI is InChI=1S/C31H31Cl2N9/c1-3-41-10-8-24(17-41)42-18-28(39-40-42)30(20-5-4-9-35-15-20)38-23-11-25-29(37-22-7-6-19(2)26(32)12-22)21(14-34)16-36-31(25)27(33)13-23/h4-7,9,11-13,15-16,18,24,30,38-40H,3,8,10,17H2,1-2H3,(H,36,37)/t24-,30?/m1/s1. The Morgan fingerprint density at radius 2 is 2.00 bits per heavy atom. The smallest absolute Gasteiger partial charge is 0.103 e. The molecule has 2 aromatic heterocycles. The van der Waals surface area contributed by atoms with Crippen molar-refractivity contribution in [3.8, 4) is 6.07 Å². The largest absolute Gasteiger partial charge is 0.373 e. The monoisotopic (exact) mass is 599 g/mol. The van der Waals surface area contributed by atoms with Gasteiger partial charge >= 0.3 is 0 Å². The van der Waals surface area contributed by atoms with Gasteiger partial charge in [0.25, 0.3) is 0 Å². The number of nitrogens with one attached hydrogen (secondary N) is 4. The zero-order valence-corrected chi connectivity index (χ0v) is 24.8. The third kappa shape index (κ3) is 5.67. The molecular formula is C31H31Cl2N9. The Bertz CT molecular complexity index is 1690. The van der Waals surface area contributed by atoms with Crippen LogP contribution >= 0.6 is 23.2 Å². The molecule has 214 valence electrons. The van der Waals surface area contributed by atoms with Crippen LogP contribution in [0, 0.1) is 18.3 Å². The summed E-state index contributed by atoms with van der Waals surface area (Å²) in [6.07, 6.45) is 8.36. The zero-order valence-electron chi connectivity index (χ0n) is 23.3. The number of aromatic nitrogens is 2. The van der Waals surface area contributed by atoms with E-state index in [9.17, 15) is 5.26 Å². The van der Waals surface area contributed by atoms with Gasteiger partial charge in [-0.15, -0.1) is 5.53 Å². The summed E-state index contributed by atoms with van der Waals surface area (Å²) < 4.78 is 0. The van der Waals surface area contributed by atoms with Crippen LogP contribution in [0.5, 0.6) is 0 Å². The minimum atomic E-state index is -0.257. The Hall–Kier alpha value is -4.07. The first-order valence-electron chi connectivity index (χ1n) is 13.9. The first-order valence-corrected chi connectivity index (χ1v) is 14.6. The summed E-state index contributed by atoms with van der Waals surface area (Å²) in [6.45, 7) is 7.29. The van der Waals surface area contributed by atoms with Crippen molar-refractivity contribution in [3.05, 3.63) is 99.7 Å². The molecule has 2 atom stereocenters. The van der Waals surface area contributed by atoms with Gasteiger partial charge in [0.2, 0.25) is 0 Å². The van der Waals surface area contributed by atoms with Crippen LogP contribution in [-0.4, -0.2) is 45.6 Å². The Labute approximate surface area is 255 Å². The quantitative estimate of drug-likeness (QED) is 0.186. The van der Waals surface area contributed by atoms with Crippen molar-refractivity contribution >= 4 is 51.2 Å². The molecule has 0 radical (unpaired) electrons. The number of hydrogen-bond donors (Lipinski definition) is 4. The van der Waals surface area contributed by atoms with Gasteiger partial charge in [0.05, 0.1) is 39.6 Å². The highest BCUT2D eigenvalue weighted by atomic mass is 35.5. The summed E-state index contributed by atoms with van der Waals surface area (Å²) >= 11 is 13.2. The Morgan fingerprint density at radius 3 is 2.74 bits per heavy atom. The lowest BCUT2D eigenvalue weighted by Crippen LogP contribution is -2.44. The van der Waals surface area contributed by atoms with Crippen LogP contribution in [-0.2, 0) is 0 Å². The predicted octanol–water partition coefficient (Wildman–Crippen LogP) is 6.27. The molecule has 2 aliphatic rings. The molecule has 4 aromatic rings. The van der Waals surface area contributed by atoms with E-state index in [1.54, 1.807) is 6.20 Å². The van der Waals surface area contributed by atoms with Gasteiger partial charge in [-0.25, -0.2) is 0 Å². The molecule has 9 nitrogen and oxygen atoms in total. The summed E-state index contributed by atoms with van der Waals surface area (Å²) in [5, 5.41) is 20.9. The molecule has 1 saturated heterocycles. The zero-order chi connectivity index (χ0) is 29.2. The van der Waals surface area contributed by atoms with Crippen molar-refractivity contribution in [2.75, 3.05) is 30.3 Å². The van der Waals surface area contributed by atoms with Crippen molar-refractivity contribution in [1.29, 1.82) is 5.26 Å². The number of anilines is 3. The highest BCUT2D eigenvalue weighted by molar-refractivity contribution is 6.36. The van der Waals surface area contributed by atoms with Crippen molar-refractivity contribution < 1.29 is 0 Å². The molecule has 11 heteroatoms. The number of nitrogens with zero attached hydrogens (tertiary/aromatic N) is 5. The number of aryl methyl sites for hydroxylation is 1. The molecule has 0 bridgehead atoms. The second-order valence-corrected chi connectivity index (χ2v) is 11.3. The molecule has 6 rings (SSSR count). The number of benzene rings is 2. The summed E-state index contributed by atoms with van der Waals surface area (Å²) in [7, 11) is 0. The number of pyridine rings is 2. The number of hydrazine groups is 2. The maximum Gasteiger partial charge on any atom is 0.103 e. The highest BCUT2D eigenvalue weighted by Crippen LogP contribution is 2.37. The maximum absolute atomic E-state index is 9.94. The molecular weight excluding hydrogens is 569 g/mol. The Balaban J connectivity index is 1.37. The third-order valence-electron chi connectivity index (χ3n) is 7.82. The van der Waals surface area contributed by atoms with Crippen molar-refractivity contribution in [1.82, 2.24) is 30.8 Å². The number of halogens is 2. The second-order valence-electron chi connectivity index (χ2n) is 10.5. The normalized spacial score (nSPS) is 17.5. The fraction of sp³-hybridized carbons (Fsp3) is 0.258. The van der Waals surface area contributed by atoms with Crippen molar-refractivity contribution in [3.63, 3.8) is 0 Å². The average Bonchev–Trinajstić information content (AvgIpc) is 3.69. The Kier molecular flexibility index (Phi) is 8.05. The van der Waals surface area contributed by atoms with Gasteiger partial charge in [0.1, 0.15) is 6.07 Å². The summed E-state index contributed by atoms with van der Waals surface area (Å²) in [4.78, 5) is 11.3. The SMILES string of the molecule is CCN1CC[C@@H](N2C=C(C(Nc3cc(Cl)c4ncc(C#N)c(Nc5ccc(C)c(Cl)c5)c4c3)c3cccnc3)NN2)C1. The van der Waals surface area contributed by atoms with E-state index in [0.29, 0.717) is 38.2 Å². The lowest BCUT2D eigenvalue weighted by molar-refractivity contribution is 0.193. The van der Waals surface area contributed by atoms with Gasteiger partial charge in [0.15, 0.2) is 0 Å². The van der Waals surface area contributed by atoms with Gasteiger partial charge in [-0.05, 0) is 61.3 Å². The molecule has 4 heterocycles. The topological polar surface area (TPSA) is 104 Å². The fourth-order valence-corrected chi connectivity index (χ4v) is 5.89. The van der Waals surface area contributed by atoms with Crippen LogP contribution in [0.2, 0.25) is 10.0 Å². The molecule has 0 spiro atoms. The molecule has 4 N–H and O–H groups in total. The van der Waals surface area contributed by atoms with Crippen LogP contribution < -0.4 is 21.6 Å². The van der Waals surface area contributed by atoms with E-state index in [-0.39, 0.29) is 6.04 Å². The molecule has 2 aromatic carbocycles. The van der Waals surface area contributed by atoms with Crippen LogP contribution in [0.3, 0.4) is 0 Å². The first kappa shape index (κ1) is 28.1. The molecule has 1 unspecified atom stereocenters. The average molecular weight is 601 g/mol. The lowest BCUT2D eigenvalue weighted by Gasteiger charge is -2.23. The molecule has 2 aliphatic heterocycles. The molecule has 1 fully saturated rings. The minimum absolute atomic E-state index is 0.257. The summed E-state index contributed by atoms with van der Waals surface area (Å²) in [5.41, 5.74) is 12.7. The number of nitriles is 1. The number of fused-ring (bicyclic) bond motifs is 1. The molecule has 0 amide bonds.